The van der Waals surface area contributed by atoms with E-state index in [0.717, 1.165) is 38.5 Å². The Balaban J connectivity index is 1.47. The maximum Gasteiger partial charge on any atom is 0.338 e. The highest BCUT2D eigenvalue weighted by Gasteiger charge is 2.54. The normalized spacial score (nSPS) is 20.0. The second-order valence-corrected chi connectivity index (χ2v) is 11.6. The van der Waals surface area contributed by atoms with Crippen LogP contribution in [0, 0.1) is 0 Å². The molecule has 0 saturated heterocycles. The van der Waals surface area contributed by atoms with Gasteiger partial charge >= 0.3 is 11.9 Å². The number of hydrogen-bond donors (Lipinski definition) is 0. The average Bonchev–Trinajstić information content (AvgIpc) is 3.04. The van der Waals surface area contributed by atoms with Crippen molar-refractivity contribution >= 4 is 11.9 Å². The fraction of sp³-hybridized carbons (Fsp3) is 0.316. The molecular weight excluding hydrogens is 520 g/mol. The van der Waals surface area contributed by atoms with E-state index in [0.29, 0.717) is 11.1 Å². The molecule has 2 unspecified atom stereocenters. The maximum absolute atomic E-state index is 13.5. The number of esters is 2. The van der Waals surface area contributed by atoms with Crippen molar-refractivity contribution in [2.24, 2.45) is 0 Å². The number of carbonyl (C=O) groups excluding carboxylic acids is 2. The molecule has 4 aromatic carbocycles. The van der Waals surface area contributed by atoms with E-state index in [1.54, 1.807) is 24.3 Å². The number of rotatable bonds is 10. The fourth-order valence-electron chi connectivity index (χ4n) is 6.65. The molecule has 0 amide bonds. The van der Waals surface area contributed by atoms with Crippen molar-refractivity contribution < 1.29 is 19.1 Å². The molecule has 0 saturated carbocycles. The van der Waals surface area contributed by atoms with E-state index in [2.05, 4.69) is 50.2 Å². The second-order valence-electron chi connectivity index (χ2n) is 11.6. The molecule has 0 aliphatic heterocycles. The van der Waals surface area contributed by atoms with Crippen molar-refractivity contribution in [1.82, 2.24) is 0 Å². The molecule has 0 fully saturated rings. The number of ether oxygens (including phenoxy) is 2. The Morgan fingerprint density at radius 1 is 0.548 bits per heavy atom. The number of aryl methyl sites for hydroxylation is 2. The van der Waals surface area contributed by atoms with Crippen molar-refractivity contribution in [3.05, 3.63) is 142 Å². The van der Waals surface area contributed by atoms with Crippen LogP contribution in [-0.2, 0) is 22.3 Å². The lowest BCUT2D eigenvalue weighted by atomic mass is 9.60. The molecule has 3 aliphatic carbocycles. The highest BCUT2D eigenvalue weighted by Crippen LogP contribution is 2.55. The Hall–Kier alpha value is -4.18. The SMILES string of the molecule is CCCCc1ccc2c(c1)[C@H]1c3ccc(CCCC)cc3[C@H]2C(OC(=O)c2ccccc2)C1OC(=O)c1ccccc1. The zero-order valence-corrected chi connectivity index (χ0v) is 24.4. The molecule has 0 N–H and O–H groups in total. The number of unbranched alkanes of at least 4 members (excludes halogenated alkanes) is 2. The predicted octanol–water partition coefficient (Wildman–Crippen LogP) is 8.41. The first kappa shape index (κ1) is 28.0. The van der Waals surface area contributed by atoms with Crippen LogP contribution < -0.4 is 0 Å². The molecule has 4 nitrogen and oxygen atoms in total. The number of carbonyl (C=O) groups is 2. The Kier molecular flexibility index (Phi) is 8.23. The van der Waals surface area contributed by atoms with Gasteiger partial charge in [0.2, 0.25) is 0 Å². The molecule has 214 valence electrons. The van der Waals surface area contributed by atoms with Gasteiger partial charge in [-0.3, -0.25) is 0 Å². The number of hydrogen-bond acceptors (Lipinski definition) is 4. The molecule has 0 aromatic heterocycles. The molecule has 4 aromatic rings. The first-order valence-electron chi connectivity index (χ1n) is 15.4. The lowest BCUT2D eigenvalue weighted by Crippen LogP contribution is -2.51. The van der Waals surface area contributed by atoms with Gasteiger partial charge in [-0.2, -0.15) is 0 Å². The summed E-state index contributed by atoms with van der Waals surface area (Å²) in [5, 5.41) is 0. The van der Waals surface area contributed by atoms with Gasteiger partial charge in [0.15, 0.2) is 12.2 Å². The van der Waals surface area contributed by atoms with Gasteiger partial charge in [-0.1, -0.05) is 99.5 Å². The van der Waals surface area contributed by atoms with Crippen LogP contribution in [0.3, 0.4) is 0 Å². The molecule has 2 bridgehead atoms. The molecule has 0 heterocycles. The van der Waals surface area contributed by atoms with E-state index >= 15 is 0 Å². The number of fused-ring (bicyclic) bond motifs is 1. The molecular formula is C38H38O4. The summed E-state index contributed by atoms with van der Waals surface area (Å²) in [4.78, 5) is 27.1. The van der Waals surface area contributed by atoms with Crippen LogP contribution in [-0.4, -0.2) is 24.1 Å². The van der Waals surface area contributed by atoms with Crippen molar-refractivity contribution in [3.8, 4) is 0 Å². The topological polar surface area (TPSA) is 52.6 Å². The van der Waals surface area contributed by atoms with Crippen LogP contribution in [0.15, 0.2) is 97.1 Å². The van der Waals surface area contributed by atoms with Gasteiger partial charge in [0.05, 0.1) is 23.0 Å². The van der Waals surface area contributed by atoms with Crippen molar-refractivity contribution in [3.63, 3.8) is 0 Å². The zero-order chi connectivity index (χ0) is 29.1. The Morgan fingerprint density at radius 3 is 1.33 bits per heavy atom. The highest BCUT2D eigenvalue weighted by molar-refractivity contribution is 5.90. The summed E-state index contributed by atoms with van der Waals surface area (Å²) in [6, 6.07) is 31.6. The first-order valence-corrected chi connectivity index (χ1v) is 15.4. The zero-order valence-electron chi connectivity index (χ0n) is 24.4. The van der Waals surface area contributed by atoms with Crippen LogP contribution in [0.2, 0.25) is 0 Å². The molecule has 4 atom stereocenters. The molecule has 3 aliphatic rings. The van der Waals surface area contributed by atoms with Crippen LogP contribution in [0.25, 0.3) is 0 Å². The van der Waals surface area contributed by atoms with E-state index in [1.807, 2.05) is 36.4 Å². The molecule has 42 heavy (non-hydrogen) atoms. The summed E-state index contributed by atoms with van der Waals surface area (Å²) in [7, 11) is 0. The van der Waals surface area contributed by atoms with Crippen molar-refractivity contribution in [2.75, 3.05) is 0 Å². The monoisotopic (exact) mass is 558 g/mol. The predicted molar refractivity (Wildman–Crippen MR) is 165 cm³/mol. The van der Waals surface area contributed by atoms with Gasteiger partial charge in [-0.15, -0.1) is 0 Å². The minimum absolute atomic E-state index is 0.233. The minimum Gasteiger partial charge on any atom is -0.454 e. The smallest absolute Gasteiger partial charge is 0.338 e. The summed E-state index contributed by atoms with van der Waals surface area (Å²) >= 11 is 0. The van der Waals surface area contributed by atoms with E-state index in [1.165, 1.54) is 33.4 Å². The highest BCUT2D eigenvalue weighted by atomic mass is 16.6. The van der Waals surface area contributed by atoms with E-state index in [4.69, 9.17) is 9.47 Å². The van der Waals surface area contributed by atoms with Gasteiger partial charge in [0.25, 0.3) is 0 Å². The summed E-state index contributed by atoms with van der Waals surface area (Å²) in [6.45, 7) is 4.41. The Labute approximate surface area is 248 Å². The third-order valence-corrected chi connectivity index (χ3v) is 8.77. The quantitative estimate of drug-likeness (QED) is 0.183. The van der Waals surface area contributed by atoms with Crippen molar-refractivity contribution in [2.45, 2.75) is 76.4 Å². The van der Waals surface area contributed by atoms with Crippen molar-refractivity contribution in [1.29, 1.82) is 0 Å². The number of benzene rings is 4. The average molecular weight is 559 g/mol. The molecule has 4 heteroatoms. The van der Waals surface area contributed by atoms with E-state index in [-0.39, 0.29) is 11.8 Å². The first-order chi connectivity index (χ1) is 20.6. The largest absolute Gasteiger partial charge is 0.454 e. The third-order valence-electron chi connectivity index (χ3n) is 8.77. The summed E-state index contributed by atoms with van der Waals surface area (Å²) in [6.07, 6.45) is 5.19. The van der Waals surface area contributed by atoms with Crippen LogP contribution in [0.4, 0.5) is 0 Å². The molecule has 7 rings (SSSR count). The standard InChI is InChI=1S/C38H38O4/c1-3-5-13-25-19-21-29-31(23-25)33-30-22-20-26(14-6-4-2)24-32(30)34(29)36(42-38(40)28-17-11-8-12-18-28)35(33)41-37(39)27-15-9-7-10-16-27/h7-12,15-24,33-36H,3-6,13-14H2,1-2H3/t33-,34+,35?,36?. The van der Waals surface area contributed by atoms with E-state index in [9.17, 15) is 9.59 Å². The van der Waals surface area contributed by atoms with Gasteiger partial charge in [-0.05, 0) is 83.3 Å². The second kappa shape index (κ2) is 12.4. The van der Waals surface area contributed by atoms with E-state index < -0.39 is 24.1 Å². The Bertz CT molecular complexity index is 1440. The minimum atomic E-state index is -0.654. The fourth-order valence-corrected chi connectivity index (χ4v) is 6.65. The molecule has 0 radical (unpaired) electrons. The van der Waals surface area contributed by atoms with Gasteiger partial charge in [0.1, 0.15) is 0 Å². The summed E-state index contributed by atoms with van der Waals surface area (Å²) in [5.74, 6) is -1.27. The van der Waals surface area contributed by atoms with Gasteiger partial charge in [0, 0.05) is 0 Å². The van der Waals surface area contributed by atoms with Gasteiger partial charge < -0.3 is 9.47 Å². The van der Waals surface area contributed by atoms with Gasteiger partial charge in [-0.25, -0.2) is 9.59 Å². The summed E-state index contributed by atoms with van der Waals surface area (Å²) in [5.41, 5.74) is 8.24. The maximum atomic E-state index is 13.5. The van der Waals surface area contributed by atoms with Crippen LogP contribution in [0.5, 0.6) is 0 Å². The summed E-state index contributed by atoms with van der Waals surface area (Å²) < 4.78 is 12.7. The van der Waals surface area contributed by atoms with Crippen LogP contribution in [0.1, 0.15) is 105 Å². The lowest BCUT2D eigenvalue weighted by molar-refractivity contribution is -0.0557. The lowest BCUT2D eigenvalue weighted by Gasteiger charge is -2.49. The molecule has 0 spiro atoms. The third kappa shape index (κ3) is 5.38. The van der Waals surface area contributed by atoms with Crippen LogP contribution >= 0.6 is 0 Å². The Morgan fingerprint density at radius 2 is 0.952 bits per heavy atom.